The van der Waals surface area contributed by atoms with Crippen molar-refractivity contribution in [2.45, 2.75) is 78.3 Å². The molecule has 0 unspecified atom stereocenters. The maximum Gasteiger partial charge on any atom is 0.0358 e. The van der Waals surface area contributed by atoms with Crippen molar-refractivity contribution in [3.8, 4) is 0 Å². The molecule has 0 bridgehead atoms. The van der Waals surface area contributed by atoms with E-state index in [0.717, 1.165) is 12.5 Å². The minimum Gasteiger partial charge on any atom is -0.329 e. The quantitative estimate of drug-likeness (QED) is 0.663. The molecule has 0 aromatic heterocycles. The van der Waals surface area contributed by atoms with Crippen LogP contribution >= 0.6 is 0 Å². The molecule has 0 amide bonds. The van der Waals surface area contributed by atoms with Crippen LogP contribution in [0.25, 0.3) is 0 Å². The Kier molecular flexibility index (Phi) is 8.22. The standard InChI is InChI=1S/C18H39N3/c1-6-7-8-11-21(17(4)5)18(15-19)9-12-20(13-10-18)14-16(2)3/h16-17H,6-15,19H2,1-5H3. The molecule has 0 aromatic rings. The molecule has 3 heteroatoms. The summed E-state index contributed by atoms with van der Waals surface area (Å²) in [6.07, 6.45) is 6.42. The van der Waals surface area contributed by atoms with E-state index in [1.165, 1.54) is 58.3 Å². The van der Waals surface area contributed by atoms with Gasteiger partial charge in [0.2, 0.25) is 0 Å². The smallest absolute Gasteiger partial charge is 0.0358 e. The van der Waals surface area contributed by atoms with Gasteiger partial charge in [0, 0.05) is 24.7 Å². The average Bonchev–Trinajstić information content (AvgIpc) is 2.44. The molecule has 1 rings (SSSR count). The fourth-order valence-electron chi connectivity index (χ4n) is 3.85. The van der Waals surface area contributed by atoms with Gasteiger partial charge in [-0.05, 0) is 58.7 Å². The van der Waals surface area contributed by atoms with Crippen LogP contribution in [0.2, 0.25) is 0 Å². The molecule has 21 heavy (non-hydrogen) atoms. The van der Waals surface area contributed by atoms with Crippen LogP contribution < -0.4 is 5.73 Å². The van der Waals surface area contributed by atoms with Crippen LogP contribution in [-0.2, 0) is 0 Å². The molecule has 1 aliphatic heterocycles. The first-order valence-electron chi connectivity index (χ1n) is 9.14. The second-order valence-corrected chi connectivity index (χ2v) is 7.62. The van der Waals surface area contributed by atoms with Gasteiger partial charge in [0.05, 0.1) is 0 Å². The van der Waals surface area contributed by atoms with Gasteiger partial charge in [-0.2, -0.15) is 0 Å². The molecular weight excluding hydrogens is 258 g/mol. The number of rotatable bonds is 9. The summed E-state index contributed by atoms with van der Waals surface area (Å²) >= 11 is 0. The fourth-order valence-corrected chi connectivity index (χ4v) is 3.85. The summed E-state index contributed by atoms with van der Waals surface area (Å²) < 4.78 is 0. The number of hydrogen-bond donors (Lipinski definition) is 1. The highest BCUT2D eigenvalue weighted by Gasteiger charge is 2.39. The number of nitrogens with two attached hydrogens (primary N) is 1. The number of unbranched alkanes of at least 4 members (excludes halogenated alkanes) is 2. The zero-order valence-electron chi connectivity index (χ0n) is 15.2. The summed E-state index contributed by atoms with van der Waals surface area (Å²) in [5.41, 5.74) is 6.51. The van der Waals surface area contributed by atoms with E-state index < -0.39 is 0 Å². The normalized spacial score (nSPS) is 19.9. The number of hydrogen-bond acceptors (Lipinski definition) is 3. The van der Waals surface area contributed by atoms with Gasteiger partial charge in [-0.3, -0.25) is 4.90 Å². The molecule has 3 nitrogen and oxygen atoms in total. The first-order valence-corrected chi connectivity index (χ1v) is 9.14. The van der Waals surface area contributed by atoms with Crippen molar-refractivity contribution in [2.24, 2.45) is 11.7 Å². The van der Waals surface area contributed by atoms with E-state index in [9.17, 15) is 0 Å². The van der Waals surface area contributed by atoms with E-state index >= 15 is 0 Å². The minimum atomic E-state index is 0.245. The van der Waals surface area contributed by atoms with Crippen LogP contribution in [-0.4, -0.2) is 54.1 Å². The molecule has 1 aliphatic rings. The molecule has 0 aliphatic carbocycles. The predicted octanol–water partition coefficient (Wildman–Crippen LogP) is 3.34. The summed E-state index contributed by atoms with van der Waals surface area (Å²) in [5, 5.41) is 0. The zero-order chi connectivity index (χ0) is 15.9. The first kappa shape index (κ1) is 18.9. The molecule has 0 aromatic carbocycles. The van der Waals surface area contributed by atoms with E-state index in [2.05, 4.69) is 44.4 Å². The van der Waals surface area contributed by atoms with Gasteiger partial charge in [0.25, 0.3) is 0 Å². The van der Waals surface area contributed by atoms with Crippen molar-refractivity contribution in [3.63, 3.8) is 0 Å². The third kappa shape index (κ3) is 5.54. The Morgan fingerprint density at radius 2 is 1.71 bits per heavy atom. The van der Waals surface area contributed by atoms with Gasteiger partial charge < -0.3 is 10.6 Å². The van der Waals surface area contributed by atoms with E-state index in [1.54, 1.807) is 0 Å². The molecule has 2 N–H and O–H groups in total. The van der Waals surface area contributed by atoms with E-state index in [1.807, 2.05) is 0 Å². The van der Waals surface area contributed by atoms with Crippen LogP contribution in [0, 0.1) is 5.92 Å². The maximum absolute atomic E-state index is 6.27. The molecule has 0 saturated carbocycles. The van der Waals surface area contributed by atoms with Crippen molar-refractivity contribution in [3.05, 3.63) is 0 Å². The lowest BCUT2D eigenvalue weighted by Gasteiger charge is -2.50. The van der Waals surface area contributed by atoms with Crippen molar-refractivity contribution >= 4 is 0 Å². The third-order valence-corrected chi connectivity index (χ3v) is 5.03. The van der Waals surface area contributed by atoms with E-state index in [0.29, 0.717) is 6.04 Å². The third-order valence-electron chi connectivity index (χ3n) is 5.03. The highest BCUT2D eigenvalue weighted by atomic mass is 15.3. The Morgan fingerprint density at radius 1 is 1.10 bits per heavy atom. The summed E-state index contributed by atoms with van der Waals surface area (Å²) in [4.78, 5) is 5.35. The topological polar surface area (TPSA) is 32.5 Å². The van der Waals surface area contributed by atoms with Gasteiger partial charge >= 0.3 is 0 Å². The van der Waals surface area contributed by atoms with Gasteiger partial charge in [-0.25, -0.2) is 0 Å². The molecule has 126 valence electrons. The Balaban J connectivity index is 2.65. The highest BCUT2D eigenvalue weighted by Crippen LogP contribution is 2.30. The van der Waals surface area contributed by atoms with Crippen LogP contribution in [0.4, 0.5) is 0 Å². The van der Waals surface area contributed by atoms with E-state index in [-0.39, 0.29) is 5.54 Å². The molecular formula is C18H39N3. The van der Waals surface area contributed by atoms with Crippen molar-refractivity contribution in [1.29, 1.82) is 0 Å². The summed E-state index contributed by atoms with van der Waals surface area (Å²) in [6, 6.07) is 0.599. The lowest BCUT2D eigenvalue weighted by molar-refractivity contribution is 0.00223. The highest BCUT2D eigenvalue weighted by molar-refractivity contribution is 4.97. The first-order chi connectivity index (χ1) is 9.95. The lowest BCUT2D eigenvalue weighted by atomic mass is 9.84. The van der Waals surface area contributed by atoms with Gasteiger partial charge in [-0.15, -0.1) is 0 Å². The summed E-state index contributed by atoms with van der Waals surface area (Å²) in [5.74, 6) is 0.765. The Morgan fingerprint density at radius 3 is 2.14 bits per heavy atom. The van der Waals surface area contributed by atoms with Crippen molar-refractivity contribution in [2.75, 3.05) is 32.7 Å². The number of likely N-dealkylation sites (tertiary alicyclic amines) is 1. The second-order valence-electron chi connectivity index (χ2n) is 7.62. The van der Waals surface area contributed by atoms with Gasteiger partial charge in [0.15, 0.2) is 0 Å². The average molecular weight is 298 g/mol. The Bertz CT molecular complexity index is 268. The minimum absolute atomic E-state index is 0.245. The molecule has 1 fully saturated rings. The molecule has 1 heterocycles. The Hall–Kier alpha value is -0.120. The van der Waals surface area contributed by atoms with Crippen LogP contribution in [0.1, 0.15) is 66.7 Å². The maximum atomic E-state index is 6.27. The van der Waals surface area contributed by atoms with Crippen LogP contribution in [0.3, 0.4) is 0 Å². The summed E-state index contributed by atoms with van der Waals surface area (Å²) in [6.45, 7) is 17.3. The van der Waals surface area contributed by atoms with Crippen LogP contribution in [0.15, 0.2) is 0 Å². The number of nitrogens with zero attached hydrogens (tertiary/aromatic N) is 2. The second kappa shape index (κ2) is 9.12. The Labute approximate surface area is 133 Å². The van der Waals surface area contributed by atoms with Crippen molar-refractivity contribution < 1.29 is 0 Å². The monoisotopic (exact) mass is 297 g/mol. The summed E-state index contributed by atoms with van der Waals surface area (Å²) in [7, 11) is 0. The van der Waals surface area contributed by atoms with Crippen LogP contribution in [0.5, 0.6) is 0 Å². The van der Waals surface area contributed by atoms with E-state index in [4.69, 9.17) is 5.73 Å². The fraction of sp³-hybridized carbons (Fsp3) is 1.00. The zero-order valence-corrected chi connectivity index (χ0v) is 15.2. The number of piperidine rings is 1. The predicted molar refractivity (Wildman–Crippen MR) is 93.7 cm³/mol. The van der Waals surface area contributed by atoms with Gasteiger partial charge in [-0.1, -0.05) is 33.6 Å². The van der Waals surface area contributed by atoms with Gasteiger partial charge in [0.1, 0.15) is 0 Å². The largest absolute Gasteiger partial charge is 0.329 e. The molecule has 0 radical (unpaired) electrons. The molecule has 1 saturated heterocycles. The molecule has 0 atom stereocenters. The lowest BCUT2D eigenvalue weighted by Crippen LogP contribution is -2.61. The molecule has 0 spiro atoms. The van der Waals surface area contributed by atoms with Crippen molar-refractivity contribution in [1.82, 2.24) is 9.80 Å². The SMILES string of the molecule is CCCCCN(C(C)C)C1(CN)CCN(CC(C)C)CC1.